The normalized spacial score (nSPS) is 21.5. The van der Waals surface area contributed by atoms with Crippen LogP contribution in [-0.4, -0.2) is 28.6 Å². The summed E-state index contributed by atoms with van der Waals surface area (Å²) in [5, 5.41) is 12.9. The van der Waals surface area contributed by atoms with Gasteiger partial charge < -0.3 is 5.32 Å². The summed E-state index contributed by atoms with van der Waals surface area (Å²) in [5.41, 5.74) is 2.65. The lowest BCUT2D eigenvalue weighted by Crippen LogP contribution is -2.26. The highest BCUT2D eigenvalue weighted by molar-refractivity contribution is 6.06. The minimum absolute atomic E-state index is 0.0786. The Morgan fingerprint density at radius 1 is 1.39 bits per heavy atom. The lowest BCUT2D eigenvalue weighted by molar-refractivity contribution is -0.120. The number of guanidine groups is 1. The van der Waals surface area contributed by atoms with Crippen LogP contribution in [-0.2, 0) is 4.79 Å². The summed E-state index contributed by atoms with van der Waals surface area (Å²) in [6.45, 7) is 8.66. The topological polar surface area (TPSA) is 82.2 Å². The number of H-pyrrole nitrogens is 1. The maximum atomic E-state index is 11.9. The SMILES string of the molecule is Cc1n[nH]c(C)c1C1NC(=NCC(C)C)NC1=O. The summed E-state index contributed by atoms with van der Waals surface area (Å²) >= 11 is 0. The number of aryl methyl sites for hydroxylation is 2. The van der Waals surface area contributed by atoms with E-state index in [1.165, 1.54) is 0 Å². The quantitative estimate of drug-likeness (QED) is 0.741. The summed E-state index contributed by atoms with van der Waals surface area (Å²) in [6.07, 6.45) is 0. The van der Waals surface area contributed by atoms with Crippen LogP contribution in [0.1, 0.15) is 36.8 Å². The Morgan fingerprint density at radius 2 is 2.11 bits per heavy atom. The van der Waals surface area contributed by atoms with Crippen LogP contribution >= 0.6 is 0 Å². The molecule has 0 aliphatic carbocycles. The van der Waals surface area contributed by atoms with Crippen LogP contribution in [0.2, 0.25) is 0 Å². The molecule has 98 valence electrons. The predicted molar refractivity (Wildman–Crippen MR) is 69.2 cm³/mol. The van der Waals surface area contributed by atoms with Crippen molar-refractivity contribution in [2.45, 2.75) is 33.7 Å². The standard InChI is InChI=1S/C12H19N5O/c1-6(2)5-13-12-14-10(11(18)15-12)9-7(3)16-17-8(9)4/h6,10H,5H2,1-4H3,(H,16,17)(H2,13,14,15,18). The van der Waals surface area contributed by atoms with E-state index in [-0.39, 0.29) is 5.91 Å². The van der Waals surface area contributed by atoms with Gasteiger partial charge in [-0.15, -0.1) is 0 Å². The molecule has 0 aromatic carbocycles. The number of nitrogens with zero attached hydrogens (tertiary/aromatic N) is 2. The molecule has 18 heavy (non-hydrogen) atoms. The molecule has 1 unspecified atom stereocenters. The molecular weight excluding hydrogens is 230 g/mol. The Balaban J connectivity index is 2.18. The molecule has 0 spiro atoms. The second-order valence-corrected chi connectivity index (χ2v) is 5.00. The first-order valence-electron chi connectivity index (χ1n) is 6.12. The molecule has 1 aromatic heterocycles. The van der Waals surface area contributed by atoms with Crippen molar-refractivity contribution in [1.29, 1.82) is 0 Å². The molecule has 2 rings (SSSR count). The second-order valence-electron chi connectivity index (χ2n) is 5.00. The van der Waals surface area contributed by atoms with Gasteiger partial charge in [-0.25, -0.2) is 0 Å². The third-order valence-electron chi connectivity index (χ3n) is 2.87. The van der Waals surface area contributed by atoms with Crippen LogP contribution in [0.4, 0.5) is 0 Å². The van der Waals surface area contributed by atoms with E-state index in [9.17, 15) is 4.79 Å². The summed E-state index contributed by atoms with van der Waals surface area (Å²) in [7, 11) is 0. The fraction of sp³-hybridized carbons (Fsp3) is 0.583. The van der Waals surface area contributed by atoms with E-state index in [1.807, 2.05) is 13.8 Å². The van der Waals surface area contributed by atoms with Gasteiger partial charge in [0.1, 0.15) is 6.04 Å². The minimum atomic E-state index is -0.394. The van der Waals surface area contributed by atoms with E-state index < -0.39 is 6.04 Å². The van der Waals surface area contributed by atoms with Crippen molar-refractivity contribution in [3.8, 4) is 0 Å². The molecule has 1 aliphatic rings. The Kier molecular flexibility index (Phi) is 3.36. The van der Waals surface area contributed by atoms with Crippen molar-refractivity contribution in [3.05, 3.63) is 17.0 Å². The number of amides is 1. The lowest BCUT2D eigenvalue weighted by atomic mass is 10.1. The van der Waals surface area contributed by atoms with Crippen LogP contribution in [0.25, 0.3) is 0 Å². The molecule has 1 saturated heterocycles. The zero-order valence-corrected chi connectivity index (χ0v) is 11.2. The van der Waals surface area contributed by atoms with Crippen LogP contribution in [0, 0.1) is 19.8 Å². The van der Waals surface area contributed by atoms with E-state index >= 15 is 0 Å². The first-order chi connectivity index (χ1) is 8.49. The first kappa shape index (κ1) is 12.6. The number of aromatic nitrogens is 2. The number of carbonyl (C=O) groups excluding carboxylic acids is 1. The fourth-order valence-electron chi connectivity index (χ4n) is 1.97. The molecule has 1 amide bonds. The van der Waals surface area contributed by atoms with Gasteiger partial charge in [-0.2, -0.15) is 5.10 Å². The minimum Gasteiger partial charge on any atom is -0.340 e. The van der Waals surface area contributed by atoms with E-state index in [1.54, 1.807) is 0 Å². The van der Waals surface area contributed by atoms with Gasteiger partial charge in [-0.1, -0.05) is 13.8 Å². The van der Waals surface area contributed by atoms with Gasteiger partial charge in [0, 0.05) is 17.8 Å². The molecule has 0 bridgehead atoms. The van der Waals surface area contributed by atoms with E-state index in [2.05, 4.69) is 39.7 Å². The Hall–Kier alpha value is -1.85. The molecule has 2 heterocycles. The largest absolute Gasteiger partial charge is 0.340 e. The second kappa shape index (κ2) is 4.80. The first-order valence-corrected chi connectivity index (χ1v) is 6.12. The maximum Gasteiger partial charge on any atom is 0.254 e. The van der Waals surface area contributed by atoms with Gasteiger partial charge in [0.15, 0.2) is 5.96 Å². The van der Waals surface area contributed by atoms with Crippen LogP contribution < -0.4 is 10.6 Å². The van der Waals surface area contributed by atoms with Crippen LogP contribution in [0.3, 0.4) is 0 Å². The number of aliphatic imine (C=N–C) groups is 1. The summed E-state index contributed by atoms with van der Waals surface area (Å²) in [5.74, 6) is 0.941. The number of rotatable bonds is 3. The number of nitrogens with one attached hydrogen (secondary N) is 3. The highest BCUT2D eigenvalue weighted by Crippen LogP contribution is 2.22. The van der Waals surface area contributed by atoms with Crippen molar-refractivity contribution < 1.29 is 4.79 Å². The Morgan fingerprint density at radius 3 is 2.67 bits per heavy atom. The van der Waals surface area contributed by atoms with Gasteiger partial charge in [0.2, 0.25) is 0 Å². The molecule has 0 saturated carbocycles. The number of carbonyl (C=O) groups is 1. The summed E-state index contributed by atoms with van der Waals surface area (Å²) in [6, 6.07) is -0.394. The lowest BCUT2D eigenvalue weighted by Gasteiger charge is -2.08. The monoisotopic (exact) mass is 249 g/mol. The molecule has 1 aliphatic heterocycles. The van der Waals surface area contributed by atoms with Crippen molar-refractivity contribution in [2.24, 2.45) is 10.9 Å². The zero-order chi connectivity index (χ0) is 13.3. The van der Waals surface area contributed by atoms with Gasteiger partial charge >= 0.3 is 0 Å². The zero-order valence-electron chi connectivity index (χ0n) is 11.2. The number of aromatic amines is 1. The predicted octanol–water partition coefficient (Wildman–Crippen LogP) is 0.799. The highest BCUT2D eigenvalue weighted by Gasteiger charge is 2.32. The third-order valence-corrected chi connectivity index (χ3v) is 2.87. The molecule has 1 aromatic rings. The van der Waals surface area contributed by atoms with Crippen molar-refractivity contribution in [1.82, 2.24) is 20.8 Å². The van der Waals surface area contributed by atoms with Gasteiger partial charge in [0.05, 0.1) is 5.69 Å². The smallest absolute Gasteiger partial charge is 0.254 e. The molecule has 1 fully saturated rings. The fourth-order valence-corrected chi connectivity index (χ4v) is 1.97. The van der Waals surface area contributed by atoms with Gasteiger partial charge in [-0.3, -0.25) is 20.2 Å². The van der Waals surface area contributed by atoms with E-state index in [0.717, 1.165) is 17.0 Å². The van der Waals surface area contributed by atoms with Gasteiger partial charge in [-0.05, 0) is 19.8 Å². The van der Waals surface area contributed by atoms with E-state index in [0.29, 0.717) is 18.4 Å². The summed E-state index contributed by atoms with van der Waals surface area (Å²) in [4.78, 5) is 16.3. The Labute approximate surface area is 106 Å². The molecule has 6 nitrogen and oxygen atoms in total. The molecule has 3 N–H and O–H groups in total. The van der Waals surface area contributed by atoms with Crippen LogP contribution in [0.5, 0.6) is 0 Å². The van der Waals surface area contributed by atoms with Crippen molar-refractivity contribution in [3.63, 3.8) is 0 Å². The molecule has 1 atom stereocenters. The molecule has 6 heteroatoms. The summed E-state index contributed by atoms with van der Waals surface area (Å²) < 4.78 is 0. The molecular formula is C12H19N5O. The van der Waals surface area contributed by atoms with Crippen molar-refractivity contribution >= 4 is 11.9 Å². The number of hydrogen-bond acceptors (Lipinski definition) is 3. The Bertz CT molecular complexity index is 469. The van der Waals surface area contributed by atoms with Gasteiger partial charge in [0.25, 0.3) is 5.91 Å². The van der Waals surface area contributed by atoms with Crippen molar-refractivity contribution in [2.75, 3.05) is 6.54 Å². The number of hydrogen-bond donors (Lipinski definition) is 3. The third kappa shape index (κ3) is 2.37. The van der Waals surface area contributed by atoms with E-state index in [4.69, 9.17) is 0 Å². The maximum absolute atomic E-state index is 11.9. The highest BCUT2D eigenvalue weighted by atomic mass is 16.2. The average molecular weight is 249 g/mol. The van der Waals surface area contributed by atoms with Crippen LogP contribution in [0.15, 0.2) is 4.99 Å². The molecule has 0 radical (unpaired) electrons. The average Bonchev–Trinajstić information content (AvgIpc) is 2.80.